The highest BCUT2D eigenvalue weighted by molar-refractivity contribution is 7.14. The number of nitrogens with one attached hydrogen (secondary N) is 1. The summed E-state index contributed by atoms with van der Waals surface area (Å²) in [6, 6.07) is 5.97. The van der Waals surface area contributed by atoms with E-state index in [1.165, 1.54) is 11.3 Å². The zero-order chi connectivity index (χ0) is 15.9. The second-order valence-corrected chi connectivity index (χ2v) is 5.83. The van der Waals surface area contributed by atoms with E-state index in [9.17, 15) is 0 Å². The van der Waals surface area contributed by atoms with Crippen LogP contribution in [0.5, 0.6) is 5.75 Å². The minimum atomic E-state index is 0.139. The SMILES string of the molecule is C=CCc1cc(C=NNc2nc(N)cs2)ccc1OC(C)C. The molecule has 0 radical (unpaired) electrons. The number of nitrogen functional groups attached to an aromatic ring is 1. The summed E-state index contributed by atoms with van der Waals surface area (Å²) >= 11 is 1.41. The lowest BCUT2D eigenvalue weighted by molar-refractivity contribution is 0.240. The Bertz CT molecular complexity index is 664. The number of nitrogens with zero attached hydrogens (tertiary/aromatic N) is 2. The van der Waals surface area contributed by atoms with Gasteiger partial charge in [0, 0.05) is 5.38 Å². The van der Waals surface area contributed by atoms with Gasteiger partial charge in [-0.25, -0.2) is 4.98 Å². The Morgan fingerprint density at radius 2 is 2.32 bits per heavy atom. The lowest BCUT2D eigenvalue weighted by Crippen LogP contribution is -2.07. The summed E-state index contributed by atoms with van der Waals surface area (Å²) in [4.78, 5) is 4.07. The third-order valence-corrected chi connectivity index (χ3v) is 3.47. The van der Waals surface area contributed by atoms with Gasteiger partial charge < -0.3 is 10.5 Å². The van der Waals surface area contributed by atoms with E-state index < -0.39 is 0 Å². The van der Waals surface area contributed by atoms with E-state index in [1.807, 2.05) is 38.1 Å². The Hall–Kier alpha value is -2.34. The zero-order valence-electron chi connectivity index (χ0n) is 12.7. The van der Waals surface area contributed by atoms with Crippen molar-refractivity contribution in [3.63, 3.8) is 0 Å². The summed E-state index contributed by atoms with van der Waals surface area (Å²) in [6.07, 6.45) is 4.49. The first-order valence-corrected chi connectivity index (χ1v) is 7.87. The van der Waals surface area contributed by atoms with Gasteiger partial charge in [0.05, 0.1) is 12.3 Å². The van der Waals surface area contributed by atoms with Crippen molar-refractivity contribution in [2.75, 3.05) is 11.2 Å². The molecule has 0 fully saturated rings. The Morgan fingerprint density at radius 1 is 1.50 bits per heavy atom. The summed E-state index contributed by atoms with van der Waals surface area (Å²) < 4.78 is 5.80. The smallest absolute Gasteiger partial charge is 0.205 e. The molecule has 0 bridgehead atoms. The molecule has 0 aliphatic heterocycles. The number of nitrogens with two attached hydrogens (primary N) is 1. The van der Waals surface area contributed by atoms with Gasteiger partial charge in [-0.1, -0.05) is 6.08 Å². The van der Waals surface area contributed by atoms with Crippen molar-refractivity contribution in [2.24, 2.45) is 5.10 Å². The third-order valence-electron chi connectivity index (χ3n) is 2.71. The highest BCUT2D eigenvalue weighted by Crippen LogP contribution is 2.22. The van der Waals surface area contributed by atoms with Gasteiger partial charge in [-0.2, -0.15) is 5.10 Å². The van der Waals surface area contributed by atoms with Crippen LogP contribution in [-0.2, 0) is 6.42 Å². The molecule has 1 heterocycles. The summed E-state index contributed by atoms with van der Waals surface area (Å²) in [6.45, 7) is 7.81. The largest absolute Gasteiger partial charge is 0.491 e. The average Bonchev–Trinajstić information content (AvgIpc) is 2.87. The van der Waals surface area contributed by atoms with Crippen LogP contribution in [0.15, 0.2) is 41.3 Å². The molecule has 6 heteroatoms. The minimum Gasteiger partial charge on any atom is -0.491 e. The molecule has 5 nitrogen and oxygen atoms in total. The van der Waals surface area contributed by atoms with Crippen LogP contribution < -0.4 is 15.9 Å². The van der Waals surface area contributed by atoms with Gasteiger partial charge in [-0.05, 0) is 49.6 Å². The Balaban J connectivity index is 2.10. The van der Waals surface area contributed by atoms with E-state index in [-0.39, 0.29) is 6.10 Å². The van der Waals surface area contributed by atoms with Crippen LogP contribution in [0.25, 0.3) is 0 Å². The van der Waals surface area contributed by atoms with Crippen molar-refractivity contribution < 1.29 is 4.74 Å². The summed E-state index contributed by atoms with van der Waals surface area (Å²) in [5, 5.41) is 6.60. The molecule has 0 saturated carbocycles. The number of allylic oxidation sites excluding steroid dienone is 1. The Kier molecular flexibility index (Phi) is 5.55. The molecule has 0 spiro atoms. The fraction of sp³-hybridized carbons (Fsp3) is 0.250. The zero-order valence-corrected chi connectivity index (χ0v) is 13.6. The molecule has 0 atom stereocenters. The van der Waals surface area contributed by atoms with Gasteiger partial charge in [0.25, 0.3) is 0 Å². The second-order valence-electron chi connectivity index (χ2n) is 4.97. The predicted molar refractivity (Wildman–Crippen MR) is 93.9 cm³/mol. The third kappa shape index (κ3) is 4.60. The van der Waals surface area contributed by atoms with Crippen LogP contribution in [0.2, 0.25) is 0 Å². The maximum absolute atomic E-state index is 5.80. The van der Waals surface area contributed by atoms with E-state index in [4.69, 9.17) is 10.5 Å². The van der Waals surface area contributed by atoms with E-state index in [2.05, 4.69) is 22.1 Å². The molecule has 0 saturated heterocycles. The standard InChI is InChI=1S/C16H20N4OS/c1-4-5-13-8-12(6-7-14(13)21-11(2)3)9-18-20-16-19-15(17)10-22-16/h4,6-11H,1,5,17H2,2-3H3,(H,19,20). The van der Waals surface area contributed by atoms with E-state index in [1.54, 1.807) is 11.6 Å². The van der Waals surface area contributed by atoms with E-state index in [0.29, 0.717) is 10.9 Å². The minimum absolute atomic E-state index is 0.139. The lowest BCUT2D eigenvalue weighted by Gasteiger charge is -2.14. The van der Waals surface area contributed by atoms with Crippen LogP contribution in [0, 0.1) is 0 Å². The molecule has 22 heavy (non-hydrogen) atoms. The Morgan fingerprint density at radius 3 is 2.95 bits per heavy atom. The molecule has 1 aromatic carbocycles. The molecule has 1 aromatic heterocycles. The number of benzene rings is 1. The van der Waals surface area contributed by atoms with Gasteiger partial charge >= 0.3 is 0 Å². The van der Waals surface area contributed by atoms with Crippen molar-refractivity contribution in [3.05, 3.63) is 47.4 Å². The number of hydrazone groups is 1. The molecular weight excluding hydrogens is 296 g/mol. The average molecular weight is 316 g/mol. The van der Waals surface area contributed by atoms with Crippen LogP contribution in [0.1, 0.15) is 25.0 Å². The van der Waals surface area contributed by atoms with Crippen molar-refractivity contribution in [1.82, 2.24) is 4.98 Å². The number of rotatable bonds is 7. The normalized spacial score (nSPS) is 11.0. The topological polar surface area (TPSA) is 72.5 Å². The first kappa shape index (κ1) is 16.0. The number of thiazole rings is 1. The first-order valence-electron chi connectivity index (χ1n) is 6.99. The van der Waals surface area contributed by atoms with Gasteiger partial charge in [0.1, 0.15) is 11.6 Å². The monoisotopic (exact) mass is 316 g/mol. The summed E-state index contributed by atoms with van der Waals surface area (Å²) in [5.41, 5.74) is 10.5. The number of hydrogen-bond acceptors (Lipinski definition) is 6. The van der Waals surface area contributed by atoms with Crippen molar-refractivity contribution in [1.29, 1.82) is 0 Å². The van der Waals surface area contributed by atoms with Crippen LogP contribution >= 0.6 is 11.3 Å². The molecule has 0 aliphatic rings. The highest BCUT2D eigenvalue weighted by atomic mass is 32.1. The molecular formula is C16H20N4OS. The van der Waals surface area contributed by atoms with Crippen LogP contribution in [0.4, 0.5) is 10.9 Å². The number of anilines is 2. The number of hydrogen-bond donors (Lipinski definition) is 2. The molecule has 0 aliphatic carbocycles. The lowest BCUT2D eigenvalue weighted by atomic mass is 10.1. The second kappa shape index (κ2) is 7.61. The van der Waals surface area contributed by atoms with Crippen LogP contribution in [-0.4, -0.2) is 17.3 Å². The van der Waals surface area contributed by atoms with Gasteiger partial charge in [-0.3, -0.25) is 5.43 Å². The fourth-order valence-electron chi connectivity index (χ4n) is 1.86. The van der Waals surface area contributed by atoms with E-state index in [0.717, 1.165) is 23.3 Å². The van der Waals surface area contributed by atoms with Gasteiger partial charge in [0.2, 0.25) is 5.13 Å². The van der Waals surface area contributed by atoms with Crippen molar-refractivity contribution in [2.45, 2.75) is 26.4 Å². The molecule has 116 valence electrons. The number of ether oxygens (including phenoxy) is 1. The Labute approximate surface area is 134 Å². The molecule has 2 aromatic rings. The van der Waals surface area contributed by atoms with Gasteiger partial charge in [0.15, 0.2) is 0 Å². The van der Waals surface area contributed by atoms with E-state index >= 15 is 0 Å². The summed E-state index contributed by atoms with van der Waals surface area (Å²) in [5.74, 6) is 1.37. The highest BCUT2D eigenvalue weighted by Gasteiger charge is 2.05. The quantitative estimate of drug-likeness (QED) is 0.464. The molecule has 0 unspecified atom stereocenters. The van der Waals surface area contributed by atoms with Crippen molar-refractivity contribution in [3.8, 4) is 5.75 Å². The molecule has 3 N–H and O–H groups in total. The van der Waals surface area contributed by atoms with Gasteiger partial charge in [-0.15, -0.1) is 17.9 Å². The number of aromatic nitrogens is 1. The summed E-state index contributed by atoms with van der Waals surface area (Å²) in [7, 11) is 0. The van der Waals surface area contributed by atoms with Crippen molar-refractivity contribution >= 4 is 28.5 Å². The maximum Gasteiger partial charge on any atom is 0.205 e. The maximum atomic E-state index is 5.80. The molecule has 2 rings (SSSR count). The molecule has 0 amide bonds. The first-order chi connectivity index (χ1) is 10.6. The predicted octanol–water partition coefficient (Wildman–Crippen LogP) is 3.69. The fourth-order valence-corrected chi connectivity index (χ4v) is 2.41. The van der Waals surface area contributed by atoms with Crippen LogP contribution in [0.3, 0.4) is 0 Å².